The van der Waals surface area contributed by atoms with Crippen LogP contribution in [0.1, 0.15) is 45.4 Å². The molecule has 5 heteroatoms. The van der Waals surface area contributed by atoms with Crippen LogP contribution in [0.5, 0.6) is 0 Å². The first-order chi connectivity index (χ1) is 11.5. The summed E-state index contributed by atoms with van der Waals surface area (Å²) in [6.45, 7) is 4.57. The van der Waals surface area contributed by atoms with Crippen LogP contribution < -0.4 is 11.1 Å². The van der Waals surface area contributed by atoms with Gasteiger partial charge < -0.3 is 15.8 Å². The summed E-state index contributed by atoms with van der Waals surface area (Å²) in [5.74, 6) is -0.244. The summed E-state index contributed by atoms with van der Waals surface area (Å²) in [6.07, 6.45) is 7.31. The highest BCUT2D eigenvalue weighted by Gasteiger charge is 2.37. The van der Waals surface area contributed by atoms with Crippen molar-refractivity contribution in [3.05, 3.63) is 24.0 Å². The highest BCUT2D eigenvalue weighted by Crippen LogP contribution is 2.36. The first-order valence-electron chi connectivity index (χ1n) is 9.09. The molecule has 0 bridgehead atoms. The zero-order chi connectivity index (χ0) is 17.2. The summed E-state index contributed by atoms with van der Waals surface area (Å²) in [4.78, 5) is 2.64. The maximum absolute atomic E-state index is 13.4. The van der Waals surface area contributed by atoms with Crippen molar-refractivity contribution < 1.29 is 9.13 Å². The number of likely N-dealkylation sites (tertiary alicyclic amines) is 1. The van der Waals surface area contributed by atoms with Gasteiger partial charge in [-0.15, -0.1) is 0 Å². The summed E-state index contributed by atoms with van der Waals surface area (Å²) in [7, 11) is 1.82. The Bertz CT molecular complexity index is 550. The van der Waals surface area contributed by atoms with Crippen LogP contribution in [0.25, 0.3) is 0 Å². The Morgan fingerprint density at radius 3 is 2.50 bits per heavy atom. The summed E-state index contributed by atoms with van der Waals surface area (Å²) in [5, 5.41) is 3.43. The van der Waals surface area contributed by atoms with Crippen LogP contribution in [0.3, 0.4) is 0 Å². The molecule has 1 heterocycles. The molecule has 134 valence electrons. The van der Waals surface area contributed by atoms with Crippen molar-refractivity contribution in [3.8, 4) is 0 Å². The van der Waals surface area contributed by atoms with Gasteiger partial charge in [-0.3, -0.25) is 4.90 Å². The lowest BCUT2D eigenvalue weighted by Gasteiger charge is -2.48. The highest BCUT2D eigenvalue weighted by atomic mass is 19.1. The number of piperidine rings is 1. The van der Waals surface area contributed by atoms with Gasteiger partial charge in [0.05, 0.1) is 17.5 Å². The van der Waals surface area contributed by atoms with E-state index in [1.54, 1.807) is 6.07 Å². The molecule has 4 nitrogen and oxygen atoms in total. The van der Waals surface area contributed by atoms with Gasteiger partial charge in [0.15, 0.2) is 0 Å². The standard InChI is InChI=1S/C19H30FN3O/c1-19(9-5-16(24-2)6-10-19)23-11-7-15(8-12-23)22-18-13-14(20)3-4-17(18)21/h3-4,13,15-16,22H,5-12,21H2,1-2H3. The van der Waals surface area contributed by atoms with Crippen molar-refractivity contribution in [1.82, 2.24) is 4.90 Å². The van der Waals surface area contributed by atoms with Crippen LogP contribution in [0.2, 0.25) is 0 Å². The Kier molecular flexibility index (Phi) is 5.30. The molecule has 1 saturated heterocycles. The maximum atomic E-state index is 13.4. The quantitative estimate of drug-likeness (QED) is 0.825. The van der Waals surface area contributed by atoms with Gasteiger partial charge >= 0.3 is 0 Å². The predicted molar refractivity (Wildman–Crippen MR) is 96.7 cm³/mol. The summed E-state index contributed by atoms with van der Waals surface area (Å²) in [5.41, 5.74) is 7.59. The Morgan fingerprint density at radius 2 is 1.88 bits per heavy atom. The fourth-order valence-electron chi connectivity index (χ4n) is 4.20. The van der Waals surface area contributed by atoms with Gasteiger partial charge in [-0.2, -0.15) is 0 Å². The van der Waals surface area contributed by atoms with Crippen LogP contribution in [-0.2, 0) is 4.74 Å². The van der Waals surface area contributed by atoms with E-state index >= 15 is 0 Å². The Labute approximate surface area is 144 Å². The molecule has 0 spiro atoms. The van der Waals surface area contributed by atoms with Crippen molar-refractivity contribution in [1.29, 1.82) is 0 Å². The van der Waals surface area contributed by atoms with E-state index in [-0.39, 0.29) is 5.82 Å². The molecule has 1 aliphatic heterocycles. The molecule has 1 aliphatic carbocycles. The van der Waals surface area contributed by atoms with Gasteiger partial charge in [0.1, 0.15) is 5.82 Å². The number of nitrogens with zero attached hydrogens (tertiary/aromatic N) is 1. The number of benzene rings is 1. The van der Waals surface area contributed by atoms with Gasteiger partial charge in [-0.25, -0.2) is 4.39 Å². The van der Waals surface area contributed by atoms with E-state index in [0.717, 1.165) is 44.5 Å². The number of rotatable bonds is 4. The zero-order valence-corrected chi connectivity index (χ0v) is 14.9. The van der Waals surface area contributed by atoms with Crippen molar-refractivity contribution >= 4 is 11.4 Å². The van der Waals surface area contributed by atoms with E-state index in [1.165, 1.54) is 25.0 Å². The van der Waals surface area contributed by atoms with Crippen molar-refractivity contribution in [2.75, 3.05) is 31.2 Å². The van der Waals surface area contributed by atoms with E-state index < -0.39 is 0 Å². The third kappa shape index (κ3) is 3.83. The van der Waals surface area contributed by atoms with Crippen LogP contribution in [0.15, 0.2) is 18.2 Å². The van der Waals surface area contributed by atoms with Crippen LogP contribution in [0, 0.1) is 5.82 Å². The molecule has 1 aromatic carbocycles. The molecule has 2 fully saturated rings. The second kappa shape index (κ2) is 7.28. The number of anilines is 2. The van der Waals surface area contributed by atoms with Crippen molar-refractivity contribution in [2.45, 2.75) is 63.1 Å². The number of nitrogens with two attached hydrogens (primary N) is 1. The SMILES string of the molecule is COC1CCC(C)(N2CCC(Nc3cc(F)ccc3N)CC2)CC1. The van der Waals surface area contributed by atoms with E-state index in [4.69, 9.17) is 10.5 Å². The molecule has 24 heavy (non-hydrogen) atoms. The monoisotopic (exact) mass is 335 g/mol. The second-order valence-electron chi connectivity index (χ2n) is 7.57. The van der Waals surface area contributed by atoms with Crippen LogP contribution in [0.4, 0.5) is 15.8 Å². The van der Waals surface area contributed by atoms with Gasteiger partial charge in [0.25, 0.3) is 0 Å². The molecule has 2 aliphatic rings. The molecule has 0 aromatic heterocycles. The fraction of sp³-hybridized carbons (Fsp3) is 0.684. The highest BCUT2D eigenvalue weighted by molar-refractivity contribution is 5.66. The smallest absolute Gasteiger partial charge is 0.125 e. The fourth-order valence-corrected chi connectivity index (χ4v) is 4.20. The number of halogens is 1. The van der Waals surface area contributed by atoms with Crippen molar-refractivity contribution in [3.63, 3.8) is 0 Å². The summed E-state index contributed by atoms with van der Waals surface area (Å²) < 4.78 is 18.9. The maximum Gasteiger partial charge on any atom is 0.125 e. The minimum Gasteiger partial charge on any atom is -0.397 e. The average Bonchev–Trinajstić information content (AvgIpc) is 2.59. The topological polar surface area (TPSA) is 50.5 Å². The molecule has 0 radical (unpaired) electrons. The first kappa shape index (κ1) is 17.5. The second-order valence-corrected chi connectivity index (χ2v) is 7.57. The van der Waals surface area contributed by atoms with E-state index in [2.05, 4.69) is 17.1 Å². The largest absolute Gasteiger partial charge is 0.397 e. The van der Waals surface area contributed by atoms with Crippen LogP contribution >= 0.6 is 0 Å². The third-order valence-corrected chi connectivity index (χ3v) is 5.98. The molecule has 3 rings (SSSR count). The van der Waals surface area contributed by atoms with Gasteiger partial charge in [-0.1, -0.05) is 0 Å². The molecule has 1 saturated carbocycles. The number of hydrogen-bond acceptors (Lipinski definition) is 4. The van der Waals surface area contributed by atoms with E-state index in [9.17, 15) is 4.39 Å². The summed E-state index contributed by atoms with van der Waals surface area (Å²) in [6, 6.07) is 4.89. The number of methoxy groups -OCH3 is 1. The molecular formula is C19H30FN3O. The molecule has 3 N–H and O–H groups in total. The normalized spacial score (nSPS) is 29.5. The molecule has 0 atom stereocenters. The third-order valence-electron chi connectivity index (χ3n) is 5.98. The Hall–Kier alpha value is -1.33. The van der Waals surface area contributed by atoms with Crippen LogP contribution in [-0.4, -0.2) is 42.8 Å². The Morgan fingerprint density at radius 1 is 1.21 bits per heavy atom. The molecule has 1 aromatic rings. The first-order valence-corrected chi connectivity index (χ1v) is 9.09. The number of nitrogen functional groups attached to an aromatic ring is 1. The Balaban J connectivity index is 1.53. The lowest BCUT2D eigenvalue weighted by atomic mass is 9.79. The average molecular weight is 335 g/mol. The minimum absolute atomic E-state index is 0.244. The van der Waals surface area contributed by atoms with Gasteiger partial charge in [-0.05, 0) is 63.6 Å². The molecule has 0 amide bonds. The zero-order valence-electron chi connectivity index (χ0n) is 14.9. The molecular weight excluding hydrogens is 305 g/mol. The minimum atomic E-state index is -0.244. The van der Waals surface area contributed by atoms with E-state index in [0.29, 0.717) is 23.4 Å². The van der Waals surface area contributed by atoms with Crippen molar-refractivity contribution in [2.24, 2.45) is 0 Å². The predicted octanol–water partition coefficient (Wildman–Crippen LogP) is 3.63. The lowest BCUT2D eigenvalue weighted by Crippen LogP contribution is -2.53. The number of ether oxygens (including phenoxy) is 1. The summed E-state index contributed by atoms with van der Waals surface area (Å²) >= 11 is 0. The van der Waals surface area contributed by atoms with Gasteiger partial charge in [0.2, 0.25) is 0 Å². The number of hydrogen-bond donors (Lipinski definition) is 2. The number of nitrogens with one attached hydrogen (secondary N) is 1. The van der Waals surface area contributed by atoms with Gasteiger partial charge in [0, 0.05) is 31.8 Å². The van der Waals surface area contributed by atoms with E-state index in [1.807, 2.05) is 7.11 Å². The molecule has 0 unspecified atom stereocenters. The lowest BCUT2D eigenvalue weighted by molar-refractivity contribution is -0.0105.